The zero-order valence-electron chi connectivity index (χ0n) is 11.6. The molecule has 1 aromatic rings. The standard InChI is InChI=1S/C14H22N4O/c1-15-13-8-5-6-11(17-13)10-18-9-4-3-7-12(18)14(19)16-2/h5-6,8,12H,3-4,7,9-10H2,1-2H3,(H,15,17)(H,16,19). The third kappa shape index (κ3) is 3.44. The van der Waals surface area contributed by atoms with Crippen LogP contribution in [0.4, 0.5) is 5.82 Å². The van der Waals surface area contributed by atoms with Crippen LogP contribution in [0.15, 0.2) is 18.2 Å². The lowest BCUT2D eigenvalue weighted by molar-refractivity contribution is -0.127. The van der Waals surface area contributed by atoms with E-state index in [-0.39, 0.29) is 11.9 Å². The SMILES string of the molecule is CNC(=O)C1CCCCN1Cc1cccc(NC)n1. The van der Waals surface area contributed by atoms with Gasteiger partial charge in [-0.2, -0.15) is 0 Å². The number of carbonyl (C=O) groups excluding carboxylic acids is 1. The summed E-state index contributed by atoms with van der Waals surface area (Å²) in [6.07, 6.45) is 3.21. The van der Waals surface area contributed by atoms with Crippen molar-refractivity contribution in [3.63, 3.8) is 0 Å². The zero-order valence-corrected chi connectivity index (χ0v) is 11.6. The Kier molecular flexibility index (Phi) is 4.74. The molecule has 0 aliphatic carbocycles. The van der Waals surface area contributed by atoms with Crippen LogP contribution in [0.1, 0.15) is 25.0 Å². The number of rotatable bonds is 4. The molecule has 5 heteroatoms. The number of amides is 1. The van der Waals surface area contributed by atoms with Gasteiger partial charge in [-0.1, -0.05) is 12.5 Å². The van der Waals surface area contributed by atoms with Crippen molar-refractivity contribution in [1.82, 2.24) is 15.2 Å². The lowest BCUT2D eigenvalue weighted by atomic mass is 10.0. The van der Waals surface area contributed by atoms with Gasteiger partial charge in [0.2, 0.25) is 5.91 Å². The molecule has 2 heterocycles. The van der Waals surface area contributed by atoms with E-state index in [0.29, 0.717) is 0 Å². The molecule has 1 amide bonds. The first-order chi connectivity index (χ1) is 9.24. The summed E-state index contributed by atoms with van der Waals surface area (Å²) in [5.41, 5.74) is 1.00. The average molecular weight is 262 g/mol. The van der Waals surface area contributed by atoms with E-state index in [0.717, 1.165) is 43.9 Å². The van der Waals surface area contributed by atoms with Crippen molar-refractivity contribution in [1.29, 1.82) is 0 Å². The first-order valence-electron chi connectivity index (χ1n) is 6.84. The number of nitrogens with one attached hydrogen (secondary N) is 2. The Morgan fingerprint density at radius 1 is 1.42 bits per heavy atom. The molecule has 1 aliphatic heterocycles. The largest absolute Gasteiger partial charge is 0.373 e. The van der Waals surface area contributed by atoms with Crippen molar-refractivity contribution in [3.8, 4) is 0 Å². The third-order valence-electron chi connectivity index (χ3n) is 3.59. The van der Waals surface area contributed by atoms with Gasteiger partial charge in [0.1, 0.15) is 5.82 Å². The summed E-state index contributed by atoms with van der Waals surface area (Å²) in [6.45, 7) is 1.69. The highest BCUT2D eigenvalue weighted by atomic mass is 16.2. The Morgan fingerprint density at radius 2 is 2.26 bits per heavy atom. The van der Waals surface area contributed by atoms with Crippen LogP contribution < -0.4 is 10.6 Å². The summed E-state index contributed by atoms with van der Waals surface area (Å²) in [5.74, 6) is 0.982. The van der Waals surface area contributed by atoms with E-state index in [9.17, 15) is 4.79 Å². The summed E-state index contributed by atoms with van der Waals surface area (Å²) in [6, 6.07) is 5.93. The van der Waals surface area contributed by atoms with E-state index in [2.05, 4.69) is 20.5 Å². The molecule has 1 aliphatic rings. The maximum atomic E-state index is 11.9. The number of piperidine rings is 1. The first-order valence-corrected chi connectivity index (χ1v) is 6.84. The van der Waals surface area contributed by atoms with E-state index in [4.69, 9.17) is 0 Å². The number of carbonyl (C=O) groups is 1. The summed E-state index contributed by atoms with van der Waals surface area (Å²) in [7, 11) is 3.56. The monoisotopic (exact) mass is 262 g/mol. The van der Waals surface area contributed by atoms with Crippen molar-refractivity contribution in [2.75, 3.05) is 26.0 Å². The maximum Gasteiger partial charge on any atom is 0.237 e. The second-order valence-electron chi connectivity index (χ2n) is 4.86. The predicted molar refractivity (Wildman–Crippen MR) is 75.9 cm³/mol. The molecule has 104 valence electrons. The molecule has 0 radical (unpaired) electrons. The van der Waals surface area contributed by atoms with Crippen LogP contribution in [-0.2, 0) is 11.3 Å². The van der Waals surface area contributed by atoms with E-state index >= 15 is 0 Å². The molecule has 2 N–H and O–H groups in total. The number of hydrogen-bond acceptors (Lipinski definition) is 4. The van der Waals surface area contributed by atoms with Crippen molar-refractivity contribution in [3.05, 3.63) is 23.9 Å². The number of anilines is 1. The Morgan fingerprint density at radius 3 is 3.00 bits per heavy atom. The van der Waals surface area contributed by atoms with Gasteiger partial charge >= 0.3 is 0 Å². The molecule has 1 atom stereocenters. The lowest BCUT2D eigenvalue weighted by Gasteiger charge is -2.34. The molecular formula is C14H22N4O. The molecule has 5 nitrogen and oxygen atoms in total. The first kappa shape index (κ1) is 13.8. The molecule has 1 saturated heterocycles. The number of hydrogen-bond donors (Lipinski definition) is 2. The fourth-order valence-corrected chi connectivity index (χ4v) is 2.56. The molecule has 1 aromatic heterocycles. The van der Waals surface area contributed by atoms with Crippen LogP contribution in [0.25, 0.3) is 0 Å². The summed E-state index contributed by atoms with van der Waals surface area (Å²) >= 11 is 0. The Hall–Kier alpha value is -1.62. The Labute approximate surface area is 114 Å². The second kappa shape index (κ2) is 6.52. The van der Waals surface area contributed by atoms with Crippen LogP contribution in [0.5, 0.6) is 0 Å². The molecule has 19 heavy (non-hydrogen) atoms. The minimum atomic E-state index is -0.0150. The smallest absolute Gasteiger partial charge is 0.237 e. The summed E-state index contributed by atoms with van der Waals surface area (Å²) in [5, 5.41) is 5.80. The quantitative estimate of drug-likeness (QED) is 0.857. The number of likely N-dealkylation sites (N-methyl/N-ethyl adjacent to an activating group) is 1. The Balaban J connectivity index is 2.08. The zero-order chi connectivity index (χ0) is 13.7. The predicted octanol–water partition coefficient (Wildman–Crippen LogP) is 1.22. The van der Waals surface area contributed by atoms with Crippen molar-refractivity contribution in [2.24, 2.45) is 0 Å². The van der Waals surface area contributed by atoms with Gasteiger partial charge in [-0.15, -0.1) is 0 Å². The molecule has 0 saturated carbocycles. The molecule has 0 aromatic carbocycles. The summed E-state index contributed by atoms with van der Waals surface area (Å²) < 4.78 is 0. The molecule has 1 unspecified atom stereocenters. The molecule has 0 spiro atoms. The fourth-order valence-electron chi connectivity index (χ4n) is 2.56. The van der Waals surface area contributed by atoms with Gasteiger partial charge in [-0.25, -0.2) is 4.98 Å². The fraction of sp³-hybridized carbons (Fsp3) is 0.571. The molecule has 2 rings (SSSR count). The highest BCUT2D eigenvalue weighted by Gasteiger charge is 2.28. The van der Waals surface area contributed by atoms with Gasteiger partial charge in [-0.05, 0) is 31.5 Å². The van der Waals surface area contributed by atoms with Gasteiger partial charge in [0, 0.05) is 20.6 Å². The van der Waals surface area contributed by atoms with Gasteiger partial charge in [0.15, 0.2) is 0 Å². The van der Waals surface area contributed by atoms with Crippen LogP contribution in [-0.4, -0.2) is 42.5 Å². The number of nitrogens with zero attached hydrogens (tertiary/aromatic N) is 2. The topological polar surface area (TPSA) is 57.3 Å². The normalized spacial score (nSPS) is 20.0. The van der Waals surface area contributed by atoms with E-state index < -0.39 is 0 Å². The van der Waals surface area contributed by atoms with Crippen molar-refractivity contribution in [2.45, 2.75) is 31.8 Å². The van der Waals surface area contributed by atoms with E-state index in [1.54, 1.807) is 7.05 Å². The van der Waals surface area contributed by atoms with E-state index in [1.807, 2.05) is 25.2 Å². The van der Waals surface area contributed by atoms with Gasteiger partial charge in [-0.3, -0.25) is 9.69 Å². The minimum absolute atomic E-state index is 0.0150. The maximum absolute atomic E-state index is 11.9. The summed E-state index contributed by atoms with van der Waals surface area (Å²) in [4.78, 5) is 18.7. The van der Waals surface area contributed by atoms with Crippen molar-refractivity contribution < 1.29 is 4.79 Å². The second-order valence-corrected chi connectivity index (χ2v) is 4.86. The average Bonchev–Trinajstić information content (AvgIpc) is 2.47. The molecular weight excluding hydrogens is 240 g/mol. The molecule has 1 fully saturated rings. The van der Waals surface area contributed by atoms with Crippen molar-refractivity contribution >= 4 is 11.7 Å². The highest BCUT2D eigenvalue weighted by Crippen LogP contribution is 2.19. The van der Waals surface area contributed by atoms with Gasteiger partial charge in [0.25, 0.3) is 0 Å². The van der Waals surface area contributed by atoms with Crippen LogP contribution >= 0.6 is 0 Å². The number of pyridine rings is 1. The minimum Gasteiger partial charge on any atom is -0.373 e. The van der Waals surface area contributed by atoms with Crippen LogP contribution in [0, 0.1) is 0 Å². The highest BCUT2D eigenvalue weighted by molar-refractivity contribution is 5.81. The molecule has 0 bridgehead atoms. The van der Waals surface area contributed by atoms with Gasteiger partial charge in [0.05, 0.1) is 11.7 Å². The third-order valence-corrected chi connectivity index (χ3v) is 3.59. The number of aromatic nitrogens is 1. The lowest BCUT2D eigenvalue weighted by Crippen LogP contribution is -2.48. The van der Waals surface area contributed by atoms with Crippen LogP contribution in [0.2, 0.25) is 0 Å². The van der Waals surface area contributed by atoms with Gasteiger partial charge < -0.3 is 10.6 Å². The van der Waals surface area contributed by atoms with E-state index in [1.165, 1.54) is 0 Å². The van der Waals surface area contributed by atoms with Crippen LogP contribution in [0.3, 0.4) is 0 Å². The number of likely N-dealkylation sites (tertiary alicyclic amines) is 1. The Bertz CT molecular complexity index is 435.